The molecule has 0 aromatic rings. The first-order valence-electron chi connectivity index (χ1n) is 33.4. The van der Waals surface area contributed by atoms with E-state index in [0.29, 0.717) is 23.9 Å². The maximum Gasteiger partial charge on any atom is 0.306 e. The van der Waals surface area contributed by atoms with Crippen LogP contribution in [0.25, 0.3) is 0 Å². The van der Waals surface area contributed by atoms with E-state index in [1.54, 1.807) is 0 Å². The van der Waals surface area contributed by atoms with Gasteiger partial charge in [-0.15, -0.1) is 0 Å². The van der Waals surface area contributed by atoms with E-state index >= 15 is 0 Å². The second-order valence-corrected chi connectivity index (χ2v) is 25.4. The average Bonchev–Trinajstić information content (AvgIpc) is 3.40. The third-order valence-electron chi connectivity index (χ3n) is 15.0. The van der Waals surface area contributed by atoms with Gasteiger partial charge in [-0.3, -0.25) is 14.2 Å². The second kappa shape index (κ2) is 58.2. The van der Waals surface area contributed by atoms with Crippen LogP contribution in [0, 0.1) is 0 Å². The van der Waals surface area contributed by atoms with Crippen LogP contribution >= 0.6 is 7.82 Å². The summed E-state index contributed by atoms with van der Waals surface area (Å²) in [5, 5.41) is 3.02. The molecule has 0 aliphatic rings. The first kappa shape index (κ1) is 76.0. The predicted molar refractivity (Wildman–Crippen MR) is 335 cm³/mol. The molecule has 0 spiro atoms. The third-order valence-corrected chi connectivity index (χ3v) is 16.0. The molecule has 10 heteroatoms. The highest BCUT2D eigenvalue weighted by Gasteiger charge is 2.27. The molecule has 0 saturated carbocycles. The summed E-state index contributed by atoms with van der Waals surface area (Å²) in [6.45, 7) is 6.82. The number of likely N-dealkylation sites (N-methyl/N-ethyl adjacent to an activating group) is 1. The van der Waals surface area contributed by atoms with E-state index in [2.05, 4.69) is 56.5 Å². The Morgan fingerprint density at radius 2 is 0.795 bits per heavy atom. The molecule has 9 nitrogen and oxygen atoms in total. The van der Waals surface area contributed by atoms with Gasteiger partial charge in [0, 0.05) is 12.8 Å². The van der Waals surface area contributed by atoms with Crippen molar-refractivity contribution in [2.75, 3.05) is 40.9 Å². The molecule has 0 fully saturated rings. The summed E-state index contributed by atoms with van der Waals surface area (Å²) in [4.78, 5) is 40.0. The van der Waals surface area contributed by atoms with Crippen molar-refractivity contribution in [3.63, 3.8) is 0 Å². The summed E-state index contributed by atoms with van der Waals surface area (Å²) in [6, 6.07) is -0.908. The van der Waals surface area contributed by atoms with Crippen molar-refractivity contribution < 1.29 is 37.3 Å². The number of carbonyl (C=O) groups is 2. The quantitative estimate of drug-likeness (QED) is 0.0212. The normalized spacial score (nSPS) is 13.9. The van der Waals surface area contributed by atoms with Crippen LogP contribution in [0.15, 0.2) is 48.6 Å². The monoisotopic (exact) mass is 1120 g/mol. The second-order valence-electron chi connectivity index (χ2n) is 24.0. The van der Waals surface area contributed by atoms with Gasteiger partial charge < -0.3 is 28.5 Å². The molecule has 3 atom stereocenters. The fourth-order valence-electron chi connectivity index (χ4n) is 9.81. The van der Waals surface area contributed by atoms with Crippen LogP contribution < -0.4 is 10.2 Å². The number of phosphoric acid groups is 1. The van der Waals surface area contributed by atoms with Crippen molar-refractivity contribution in [1.29, 1.82) is 0 Å². The summed E-state index contributed by atoms with van der Waals surface area (Å²) in [5.74, 6) is -0.608. The van der Waals surface area contributed by atoms with Crippen LogP contribution in [-0.2, 0) is 27.9 Å². The number of amides is 1. The molecular weight excluding hydrogens is 988 g/mol. The number of hydrogen-bond donors (Lipinski definition) is 1. The van der Waals surface area contributed by atoms with Gasteiger partial charge in [0.05, 0.1) is 33.8 Å². The zero-order chi connectivity index (χ0) is 57.2. The minimum absolute atomic E-state index is 0.0285. The SMILES string of the molecule is CCCCCCCC/C=C\C/C=C/CCC(=O)OC(/C=C\CCCCCCCCCCCC)C(COP(=O)([O-])OCC[N+](C)(C)C)NC(=O)CCCCCCCCCCCCCCCCCCC/C=C/CCCCCCCC. The largest absolute Gasteiger partial charge is 0.756 e. The van der Waals surface area contributed by atoms with Gasteiger partial charge in [0.1, 0.15) is 19.3 Å². The van der Waals surface area contributed by atoms with Crippen molar-refractivity contribution >= 4 is 19.7 Å². The first-order chi connectivity index (χ1) is 37.9. The van der Waals surface area contributed by atoms with Crippen molar-refractivity contribution in [3.05, 3.63) is 48.6 Å². The van der Waals surface area contributed by atoms with Gasteiger partial charge in [0.2, 0.25) is 5.91 Å². The van der Waals surface area contributed by atoms with E-state index in [-0.39, 0.29) is 18.9 Å². The van der Waals surface area contributed by atoms with E-state index < -0.39 is 32.5 Å². The summed E-state index contributed by atoms with van der Waals surface area (Å²) in [5.41, 5.74) is 0. The molecule has 458 valence electrons. The van der Waals surface area contributed by atoms with Crippen LogP contribution in [0.1, 0.15) is 323 Å². The van der Waals surface area contributed by atoms with Gasteiger partial charge in [0.25, 0.3) is 7.82 Å². The van der Waals surface area contributed by atoms with E-state index in [0.717, 1.165) is 51.4 Å². The van der Waals surface area contributed by atoms with Gasteiger partial charge in [-0.25, -0.2) is 0 Å². The number of unbranched alkanes of at least 4 members (excludes halogenated alkanes) is 39. The van der Waals surface area contributed by atoms with E-state index in [1.807, 2.05) is 39.4 Å². The fourth-order valence-corrected chi connectivity index (χ4v) is 10.5. The lowest BCUT2D eigenvalue weighted by atomic mass is 10.0. The molecule has 0 aliphatic carbocycles. The van der Waals surface area contributed by atoms with Crippen molar-refractivity contribution in [1.82, 2.24) is 5.32 Å². The average molecular weight is 1120 g/mol. The van der Waals surface area contributed by atoms with Crippen molar-refractivity contribution in [3.8, 4) is 0 Å². The highest BCUT2D eigenvalue weighted by molar-refractivity contribution is 7.45. The Balaban J connectivity index is 5.01. The molecule has 0 heterocycles. The fraction of sp³-hybridized carbons (Fsp3) is 0.853. The van der Waals surface area contributed by atoms with Crippen molar-refractivity contribution in [2.45, 2.75) is 335 Å². The Bertz CT molecular complexity index is 1470. The van der Waals surface area contributed by atoms with Gasteiger partial charge >= 0.3 is 5.97 Å². The number of phosphoric ester groups is 1. The lowest BCUT2D eigenvalue weighted by Gasteiger charge is -2.30. The molecule has 3 unspecified atom stereocenters. The van der Waals surface area contributed by atoms with Crippen LogP contribution in [0.3, 0.4) is 0 Å². The molecule has 0 bridgehead atoms. The number of quaternary nitrogens is 1. The molecule has 0 aromatic heterocycles. The molecule has 1 amide bonds. The van der Waals surface area contributed by atoms with Crippen LogP contribution in [0.4, 0.5) is 0 Å². The van der Waals surface area contributed by atoms with Crippen molar-refractivity contribution in [2.24, 2.45) is 0 Å². The van der Waals surface area contributed by atoms with E-state index in [1.165, 1.54) is 231 Å². The first-order valence-corrected chi connectivity index (χ1v) is 34.9. The Labute approximate surface area is 484 Å². The third kappa shape index (κ3) is 58.6. The van der Waals surface area contributed by atoms with E-state index in [9.17, 15) is 19.0 Å². The molecule has 78 heavy (non-hydrogen) atoms. The van der Waals surface area contributed by atoms with Gasteiger partial charge in [-0.2, -0.15) is 0 Å². The standard InChI is InChI=1S/C68H129N2O7P/c1-7-10-13-16-19-22-25-28-29-30-31-32-33-34-35-36-37-38-39-40-41-43-45-48-51-54-57-60-67(71)69-65(64-76-78(73,74)75-63-62-70(4,5)6)66(59-56-53-50-47-44-27-24-21-18-15-12-9-3)77-68(72)61-58-55-52-49-46-42-26-23-20-17-14-11-8-2/h28-29,42,46,52,55-56,59,65-66H,7-27,30-41,43-45,47-51,53-54,57-58,60-64H2,1-6H3,(H-,69,71,73,74)/b29-28+,46-42-,55-52+,59-56-. The Morgan fingerprint density at radius 3 is 1.19 bits per heavy atom. The number of hydrogen-bond acceptors (Lipinski definition) is 7. The predicted octanol–water partition coefficient (Wildman–Crippen LogP) is 20.2. The Kier molecular flexibility index (Phi) is 56.7. The summed E-state index contributed by atoms with van der Waals surface area (Å²) < 4.78 is 30.3. The molecule has 0 radical (unpaired) electrons. The number of ether oxygens (including phenoxy) is 1. The molecule has 0 aromatic carbocycles. The van der Waals surface area contributed by atoms with Gasteiger partial charge in [0.15, 0.2) is 0 Å². The number of nitrogens with zero attached hydrogens (tertiary/aromatic N) is 1. The number of carbonyl (C=O) groups excluding carboxylic acids is 2. The maximum absolute atomic E-state index is 13.5. The lowest BCUT2D eigenvalue weighted by Crippen LogP contribution is -2.47. The topological polar surface area (TPSA) is 114 Å². The van der Waals surface area contributed by atoms with Crippen LogP contribution in [0.2, 0.25) is 0 Å². The minimum Gasteiger partial charge on any atom is -0.756 e. The summed E-state index contributed by atoms with van der Waals surface area (Å²) >= 11 is 0. The highest BCUT2D eigenvalue weighted by Crippen LogP contribution is 2.38. The highest BCUT2D eigenvalue weighted by atomic mass is 31.2. The van der Waals surface area contributed by atoms with Crippen LogP contribution in [-0.4, -0.2) is 69.4 Å². The lowest BCUT2D eigenvalue weighted by molar-refractivity contribution is -0.870. The van der Waals surface area contributed by atoms with Crippen LogP contribution in [0.5, 0.6) is 0 Å². The molecule has 1 N–H and O–H groups in total. The molecular formula is C68H129N2O7P. The number of nitrogens with one attached hydrogen (secondary N) is 1. The maximum atomic E-state index is 13.5. The number of allylic oxidation sites excluding steroid dienone is 7. The Morgan fingerprint density at radius 1 is 0.449 bits per heavy atom. The summed E-state index contributed by atoms with van der Waals surface area (Å²) in [7, 11) is 1.17. The smallest absolute Gasteiger partial charge is 0.306 e. The zero-order valence-electron chi connectivity index (χ0n) is 52.4. The molecule has 0 saturated heterocycles. The summed E-state index contributed by atoms with van der Waals surface area (Å²) in [6.07, 6.45) is 72.6. The molecule has 0 rings (SSSR count). The van der Waals surface area contributed by atoms with Gasteiger partial charge in [-0.1, -0.05) is 282 Å². The number of esters is 1. The number of rotatable bonds is 61. The van der Waals surface area contributed by atoms with Gasteiger partial charge in [-0.05, 0) is 76.7 Å². The molecule has 0 aliphatic heterocycles. The minimum atomic E-state index is -4.71. The van der Waals surface area contributed by atoms with E-state index in [4.69, 9.17) is 13.8 Å². The zero-order valence-corrected chi connectivity index (χ0v) is 53.3. The Hall–Kier alpha value is -2.03.